The van der Waals surface area contributed by atoms with Gasteiger partial charge in [0, 0.05) is 42.8 Å². The number of nitrogens with one attached hydrogen (secondary N) is 3. The van der Waals surface area contributed by atoms with Crippen molar-refractivity contribution in [3.8, 4) is 11.3 Å². The van der Waals surface area contributed by atoms with Crippen molar-refractivity contribution in [2.75, 3.05) is 54.0 Å². The average molecular weight is 517 g/mol. The first-order valence-electron chi connectivity index (χ1n) is 10.7. The lowest BCUT2D eigenvalue weighted by Crippen LogP contribution is -2.48. The highest BCUT2D eigenvalue weighted by Crippen LogP contribution is 2.36. The third-order valence-electron chi connectivity index (χ3n) is 5.28. The molecule has 0 spiro atoms. The predicted octanol–water partition coefficient (Wildman–Crippen LogP) is 3.40. The summed E-state index contributed by atoms with van der Waals surface area (Å²) < 4.78 is 0. The third-order valence-corrected chi connectivity index (χ3v) is 5.82. The molecule has 0 saturated carbocycles. The van der Waals surface area contributed by atoms with Gasteiger partial charge in [0.2, 0.25) is 11.7 Å². The van der Waals surface area contributed by atoms with Gasteiger partial charge in [0.15, 0.2) is 0 Å². The van der Waals surface area contributed by atoms with Crippen LogP contribution in [0.2, 0.25) is 10.0 Å². The van der Waals surface area contributed by atoms with E-state index >= 15 is 0 Å². The Morgan fingerprint density at radius 1 is 1.09 bits per heavy atom. The van der Waals surface area contributed by atoms with Gasteiger partial charge in [0.25, 0.3) is 0 Å². The van der Waals surface area contributed by atoms with Gasteiger partial charge in [-0.15, -0.1) is 0 Å². The van der Waals surface area contributed by atoms with E-state index < -0.39 is 4.92 Å². The van der Waals surface area contributed by atoms with E-state index in [0.717, 1.165) is 0 Å². The molecule has 4 rings (SSSR count). The zero-order valence-corrected chi connectivity index (χ0v) is 19.9. The number of hydrogen-bond donors (Lipinski definition) is 4. The molecule has 3 heterocycles. The van der Waals surface area contributed by atoms with Gasteiger partial charge < -0.3 is 26.6 Å². The molecule has 1 aliphatic heterocycles. The Morgan fingerprint density at radius 3 is 2.46 bits per heavy atom. The summed E-state index contributed by atoms with van der Waals surface area (Å²) in [7, 11) is 0. The molecule has 13 heteroatoms. The van der Waals surface area contributed by atoms with E-state index in [9.17, 15) is 14.9 Å². The van der Waals surface area contributed by atoms with Gasteiger partial charge in [-0.1, -0.05) is 23.2 Å². The molecule has 0 unspecified atom stereocenters. The number of amides is 1. The number of nitrogens with zero attached hydrogens (tertiary/aromatic N) is 4. The first-order chi connectivity index (χ1) is 16.8. The topological polar surface area (TPSA) is 151 Å². The molecule has 1 aromatic carbocycles. The van der Waals surface area contributed by atoms with E-state index in [4.69, 9.17) is 33.9 Å². The van der Waals surface area contributed by atoms with Crippen molar-refractivity contribution in [3.05, 3.63) is 62.6 Å². The number of nitrogens with two attached hydrogens (primary N) is 1. The second-order valence-electron chi connectivity index (χ2n) is 7.62. The number of hydrogen-bond acceptors (Lipinski definition) is 9. The quantitative estimate of drug-likeness (QED) is 0.200. The summed E-state index contributed by atoms with van der Waals surface area (Å²) in [5.74, 6) is 0.792. The van der Waals surface area contributed by atoms with Crippen LogP contribution in [0.15, 0.2) is 42.5 Å². The lowest BCUT2D eigenvalue weighted by Gasteiger charge is -2.29. The lowest BCUT2D eigenvalue weighted by molar-refractivity contribution is -0.384. The van der Waals surface area contributed by atoms with Crippen LogP contribution in [0.1, 0.15) is 0 Å². The van der Waals surface area contributed by atoms with Crippen molar-refractivity contribution >= 4 is 57.9 Å². The van der Waals surface area contributed by atoms with E-state index in [1.807, 2.05) is 6.07 Å². The molecule has 0 aliphatic carbocycles. The number of carbonyl (C=O) groups is 1. The van der Waals surface area contributed by atoms with Crippen LogP contribution in [-0.4, -0.2) is 53.5 Å². The van der Waals surface area contributed by atoms with Crippen LogP contribution >= 0.6 is 23.2 Å². The maximum absolute atomic E-state index is 12.5. The zero-order valence-electron chi connectivity index (χ0n) is 18.4. The molecule has 0 atom stereocenters. The number of anilines is 4. The van der Waals surface area contributed by atoms with E-state index in [1.54, 1.807) is 29.2 Å². The second kappa shape index (κ2) is 10.7. The molecular formula is C22H22Cl2N8O3. The Balaban J connectivity index is 1.51. The summed E-state index contributed by atoms with van der Waals surface area (Å²) in [6.07, 6.45) is 0. The first kappa shape index (κ1) is 24.5. The van der Waals surface area contributed by atoms with E-state index in [1.165, 1.54) is 12.1 Å². The standard InChI is InChI=1S/C22H22Cl2N8O3/c23-13-1-2-14(15(24)11-13)21-16(31-10-9-26-12-20(31)33)3-5-18(29-21)27-7-8-28-19-6-4-17(32(34)35)22(25)30-19/h1-6,11,26H,7-10,12H2,(H,27,29)(H3,25,28,30). The minimum atomic E-state index is -0.582. The van der Waals surface area contributed by atoms with Crippen LogP contribution in [0, 0.1) is 10.1 Å². The van der Waals surface area contributed by atoms with Gasteiger partial charge in [-0.05, 0) is 36.4 Å². The van der Waals surface area contributed by atoms with Crippen LogP contribution in [0.5, 0.6) is 0 Å². The fraction of sp³-hybridized carbons (Fsp3) is 0.227. The molecule has 5 N–H and O–H groups in total. The molecule has 1 saturated heterocycles. The molecule has 1 aliphatic rings. The number of benzene rings is 1. The highest BCUT2D eigenvalue weighted by atomic mass is 35.5. The molecule has 11 nitrogen and oxygen atoms in total. The van der Waals surface area contributed by atoms with Crippen LogP contribution in [0.25, 0.3) is 11.3 Å². The molecule has 1 fully saturated rings. The molecule has 0 bridgehead atoms. The van der Waals surface area contributed by atoms with Crippen molar-refractivity contribution in [2.24, 2.45) is 0 Å². The summed E-state index contributed by atoms with van der Waals surface area (Å²) in [5, 5.41) is 21.1. The number of aromatic nitrogens is 2. The highest BCUT2D eigenvalue weighted by Gasteiger charge is 2.24. The summed E-state index contributed by atoms with van der Waals surface area (Å²) in [4.78, 5) is 33.3. The van der Waals surface area contributed by atoms with E-state index in [2.05, 4.69) is 20.9 Å². The molecule has 2 aromatic heterocycles. The Bertz CT molecular complexity index is 1270. The predicted molar refractivity (Wildman–Crippen MR) is 137 cm³/mol. The van der Waals surface area contributed by atoms with Gasteiger partial charge in [-0.2, -0.15) is 0 Å². The number of carbonyl (C=O) groups excluding carboxylic acids is 1. The van der Waals surface area contributed by atoms with Gasteiger partial charge in [-0.25, -0.2) is 9.97 Å². The Hall–Kier alpha value is -3.67. The molecule has 0 radical (unpaired) electrons. The smallest absolute Gasteiger partial charge is 0.311 e. The largest absolute Gasteiger partial charge is 0.378 e. The summed E-state index contributed by atoms with van der Waals surface area (Å²) in [6, 6.07) is 11.6. The summed E-state index contributed by atoms with van der Waals surface area (Å²) in [5.41, 5.74) is 7.26. The van der Waals surface area contributed by atoms with Crippen molar-refractivity contribution < 1.29 is 9.72 Å². The van der Waals surface area contributed by atoms with E-state index in [0.29, 0.717) is 64.8 Å². The van der Waals surface area contributed by atoms with E-state index in [-0.39, 0.29) is 24.0 Å². The Kier molecular flexibility index (Phi) is 7.49. The normalized spacial score (nSPS) is 13.5. The van der Waals surface area contributed by atoms with Gasteiger partial charge in [0.05, 0.1) is 27.9 Å². The maximum atomic E-state index is 12.5. The molecule has 1 amide bonds. The van der Waals surface area contributed by atoms with Gasteiger partial charge in [0.1, 0.15) is 11.6 Å². The van der Waals surface area contributed by atoms with Gasteiger partial charge >= 0.3 is 5.69 Å². The minimum absolute atomic E-state index is 0.0517. The monoisotopic (exact) mass is 516 g/mol. The number of nitrogen functional groups attached to an aromatic ring is 1. The molecule has 3 aromatic rings. The van der Waals surface area contributed by atoms with Crippen LogP contribution in [-0.2, 0) is 4.79 Å². The van der Waals surface area contributed by atoms with Crippen molar-refractivity contribution in [1.82, 2.24) is 15.3 Å². The van der Waals surface area contributed by atoms with Crippen LogP contribution < -0.4 is 26.6 Å². The molecule has 35 heavy (non-hydrogen) atoms. The lowest BCUT2D eigenvalue weighted by atomic mass is 10.1. The molecular weight excluding hydrogens is 495 g/mol. The van der Waals surface area contributed by atoms with Crippen molar-refractivity contribution in [1.29, 1.82) is 0 Å². The number of nitro groups is 1. The minimum Gasteiger partial charge on any atom is -0.378 e. The summed E-state index contributed by atoms with van der Waals surface area (Å²) in [6.45, 7) is 2.35. The summed E-state index contributed by atoms with van der Waals surface area (Å²) >= 11 is 12.5. The number of piperazine rings is 1. The fourth-order valence-electron chi connectivity index (χ4n) is 3.61. The average Bonchev–Trinajstić information content (AvgIpc) is 2.82. The Labute approximate surface area is 210 Å². The fourth-order valence-corrected chi connectivity index (χ4v) is 4.11. The number of rotatable bonds is 8. The Morgan fingerprint density at radius 2 is 1.80 bits per heavy atom. The van der Waals surface area contributed by atoms with Crippen molar-refractivity contribution in [2.45, 2.75) is 0 Å². The number of pyridine rings is 2. The van der Waals surface area contributed by atoms with Crippen molar-refractivity contribution in [3.63, 3.8) is 0 Å². The SMILES string of the molecule is Nc1nc(NCCNc2ccc(N3CCNCC3=O)c(-c3ccc(Cl)cc3Cl)n2)ccc1[N+](=O)[O-]. The highest BCUT2D eigenvalue weighted by molar-refractivity contribution is 6.36. The zero-order chi connectivity index (χ0) is 24.9. The first-order valence-corrected chi connectivity index (χ1v) is 11.5. The second-order valence-corrected chi connectivity index (χ2v) is 8.47. The van der Waals surface area contributed by atoms with Gasteiger partial charge in [-0.3, -0.25) is 14.9 Å². The molecule has 182 valence electrons. The third kappa shape index (κ3) is 5.70. The van der Waals surface area contributed by atoms with Crippen LogP contribution in [0.3, 0.4) is 0 Å². The number of halogens is 2. The maximum Gasteiger partial charge on any atom is 0.311 e. The van der Waals surface area contributed by atoms with Crippen LogP contribution in [0.4, 0.5) is 28.8 Å².